The van der Waals surface area contributed by atoms with Gasteiger partial charge in [0.05, 0.1) is 10.9 Å². The summed E-state index contributed by atoms with van der Waals surface area (Å²) < 4.78 is 0. The second-order valence-electron chi connectivity index (χ2n) is 6.95. The lowest BCUT2D eigenvalue weighted by atomic mass is 10.1. The van der Waals surface area contributed by atoms with Gasteiger partial charge in [-0.3, -0.25) is 9.59 Å². The van der Waals surface area contributed by atoms with E-state index in [9.17, 15) is 9.59 Å². The number of aryl methyl sites for hydroxylation is 1. The Morgan fingerprint density at radius 1 is 1.32 bits per heavy atom. The number of hydrogen-bond acceptors (Lipinski definition) is 4. The van der Waals surface area contributed by atoms with Crippen LogP contribution in [0.15, 0.2) is 29.1 Å². The Hall–Kier alpha value is -2.21. The number of nitrogens with zero attached hydrogens (tertiary/aromatic N) is 2. The number of nitrogens with one attached hydrogen (secondary N) is 2. The van der Waals surface area contributed by atoms with E-state index in [1.807, 2.05) is 18.2 Å². The van der Waals surface area contributed by atoms with E-state index < -0.39 is 0 Å². The zero-order valence-corrected chi connectivity index (χ0v) is 14.8. The zero-order valence-electron chi connectivity index (χ0n) is 14.8. The lowest BCUT2D eigenvalue weighted by Gasteiger charge is -2.20. The SMILES string of the molecule is C[C@@H](CNC(=O)CCc1nc2ccccc2c(=O)[nH]1)CN1CCCC1. The third-order valence-electron chi connectivity index (χ3n) is 4.67. The molecule has 3 rings (SSSR count). The van der Waals surface area contributed by atoms with Gasteiger partial charge in [0.25, 0.3) is 5.56 Å². The third kappa shape index (κ3) is 4.89. The summed E-state index contributed by atoms with van der Waals surface area (Å²) >= 11 is 0. The van der Waals surface area contributed by atoms with Gasteiger partial charge >= 0.3 is 0 Å². The first-order valence-electron chi connectivity index (χ1n) is 9.09. The van der Waals surface area contributed by atoms with Crippen LogP contribution < -0.4 is 10.9 Å². The van der Waals surface area contributed by atoms with Crippen molar-refractivity contribution in [3.63, 3.8) is 0 Å². The van der Waals surface area contributed by atoms with Crippen LogP contribution >= 0.6 is 0 Å². The summed E-state index contributed by atoms with van der Waals surface area (Å²) in [5, 5.41) is 3.57. The number of hydrogen-bond donors (Lipinski definition) is 2. The van der Waals surface area contributed by atoms with Crippen molar-refractivity contribution < 1.29 is 4.79 Å². The highest BCUT2D eigenvalue weighted by atomic mass is 16.1. The van der Waals surface area contributed by atoms with Crippen molar-refractivity contribution in [1.29, 1.82) is 0 Å². The average molecular weight is 342 g/mol. The van der Waals surface area contributed by atoms with Gasteiger partial charge in [-0.25, -0.2) is 4.98 Å². The Balaban J connectivity index is 1.46. The lowest BCUT2D eigenvalue weighted by Crippen LogP contribution is -2.34. The highest BCUT2D eigenvalue weighted by Crippen LogP contribution is 2.10. The Morgan fingerprint density at radius 2 is 2.08 bits per heavy atom. The summed E-state index contributed by atoms with van der Waals surface area (Å²) in [7, 11) is 0. The number of carbonyl (C=O) groups is 1. The molecule has 1 amide bonds. The van der Waals surface area contributed by atoms with Gasteiger partial charge in [-0.05, 0) is 44.0 Å². The number of H-pyrrole nitrogens is 1. The molecule has 6 heteroatoms. The smallest absolute Gasteiger partial charge is 0.258 e. The lowest BCUT2D eigenvalue weighted by molar-refractivity contribution is -0.121. The summed E-state index contributed by atoms with van der Waals surface area (Å²) in [4.78, 5) is 33.7. The highest BCUT2D eigenvalue weighted by Gasteiger charge is 2.15. The average Bonchev–Trinajstić information content (AvgIpc) is 3.11. The molecule has 0 spiro atoms. The molecule has 2 N–H and O–H groups in total. The monoisotopic (exact) mass is 342 g/mol. The Labute approximate surface area is 147 Å². The topological polar surface area (TPSA) is 78.1 Å². The van der Waals surface area contributed by atoms with Crippen LogP contribution in [0.25, 0.3) is 10.9 Å². The predicted octanol–water partition coefficient (Wildman–Crippen LogP) is 1.70. The number of likely N-dealkylation sites (tertiary alicyclic amines) is 1. The molecule has 25 heavy (non-hydrogen) atoms. The molecule has 0 unspecified atom stereocenters. The molecule has 2 aromatic rings. The van der Waals surface area contributed by atoms with Gasteiger partial charge in [0.2, 0.25) is 5.91 Å². The fourth-order valence-electron chi connectivity index (χ4n) is 3.33. The molecule has 1 aliphatic rings. The van der Waals surface area contributed by atoms with E-state index in [2.05, 4.69) is 27.1 Å². The molecule has 0 bridgehead atoms. The number of aromatic amines is 1. The first-order chi connectivity index (χ1) is 12.1. The molecule has 0 radical (unpaired) electrons. The van der Waals surface area contributed by atoms with E-state index in [0.29, 0.717) is 42.0 Å². The predicted molar refractivity (Wildman–Crippen MR) is 98.5 cm³/mol. The third-order valence-corrected chi connectivity index (χ3v) is 4.67. The molecular formula is C19H26N4O2. The molecule has 1 aliphatic heterocycles. The maximum Gasteiger partial charge on any atom is 0.258 e. The van der Waals surface area contributed by atoms with Gasteiger partial charge in [0.1, 0.15) is 5.82 Å². The standard InChI is InChI=1S/C19H26N4O2/c1-14(13-23-10-4-5-11-23)12-20-18(24)9-8-17-21-16-7-3-2-6-15(16)19(25)22-17/h2-3,6-7,14H,4-5,8-13H2,1H3,(H,20,24)(H,21,22,25)/t14-/m0/s1. The Bertz CT molecular complexity index is 780. The van der Waals surface area contributed by atoms with Crippen LogP contribution in [-0.4, -0.2) is 47.0 Å². The van der Waals surface area contributed by atoms with Gasteiger partial charge in [0.15, 0.2) is 0 Å². The number of carbonyl (C=O) groups excluding carboxylic acids is 1. The maximum atomic E-state index is 12.1. The van der Waals surface area contributed by atoms with Gasteiger partial charge in [0, 0.05) is 25.9 Å². The fraction of sp³-hybridized carbons (Fsp3) is 0.526. The van der Waals surface area contributed by atoms with E-state index in [-0.39, 0.29) is 11.5 Å². The Kier molecular flexibility index (Phi) is 5.81. The van der Waals surface area contributed by atoms with E-state index >= 15 is 0 Å². The van der Waals surface area contributed by atoms with Crippen LogP contribution in [-0.2, 0) is 11.2 Å². The second kappa shape index (κ2) is 8.25. The van der Waals surface area contributed by atoms with E-state index in [0.717, 1.165) is 6.54 Å². The molecule has 1 aromatic carbocycles. The van der Waals surface area contributed by atoms with Crippen molar-refractivity contribution in [3.05, 3.63) is 40.4 Å². The van der Waals surface area contributed by atoms with Gasteiger partial charge < -0.3 is 15.2 Å². The fourth-order valence-corrected chi connectivity index (χ4v) is 3.33. The first-order valence-corrected chi connectivity index (χ1v) is 9.09. The van der Waals surface area contributed by atoms with Crippen LogP contribution in [0.4, 0.5) is 0 Å². The van der Waals surface area contributed by atoms with Crippen molar-refractivity contribution in [3.8, 4) is 0 Å². The number of benzene rings is 1. The summed E-state index contributed by atoms with van der Waals surface area (Å²) in [5.74, 6) is 1.01. The van der Waals surface area contributed by atoms with E-state index in [1.54, 1.807) is 6.07 Å². The molecule has 0 aliphatic carbocycles. The number of fused-ring (bicyclic) bond motifs is 1. The van der Waals surface area contributed by atoms with Crippen molar-refractivity contribution in [1.82, 2.24) is 20.2 Å². The summed E-state index contributed by atoms with van der Waals surface area (Å²) in [6.07, 6.45) is 3.34. The maximum absolute atomic E-state index is 12.1. The minimum absolute atomic E-state index is 0.00378. The van der Waals surface area contributed by atoms with Crippen molar-refractivity contribution in [2.45, 2.75) is 32.6 Å². The summed E-state index contributed by atoms with van der Waals surface area (Å²) in [6, 6.07) is 7.23. The number of amides is 1. The second-order valence-corrected chi connectivity index (χ2v) is 6.95. The van der Waals surface area contributed by atoms with E-state index in [1.165, 1.54) is 25.9 Å². The van der Waals surface area contributed by atoms with Crippen LogP contribution in [0, 0.1) is 5.92 Å². The number of rotatable bonds is 7. The zero-order chi connectivity index (χ0) is 17.6. The molecule has 1 atom stereocenters. The van der Waals surface area contributed by atoms with Crippen LogP contribution in [0.2, 0.25) is 0 Å². The molecule has 1 fully saturated rings. The summed E-state index contributed by atoms with van der Waals surface area (Å²) in [5.41, 5.74) is 0.515. The van der Waals surface area contributed by atoms with Gasteiger partial charge in [-0.15, -0.1) is 0 Å². The quantitative estimate of drug-likeness (QED) is 0.803. The van der Waals surface area contributed by atoms with E-state index in [4.69, 9.17) is 0 Å². The van der Waals surface area contributed by atoms with Crippen molar-refractivity contribution in [2.24, 2.45) is 5.92 Å². The Morgan fingerprint density at radius 3 is 2.88 bits per heavy atom. The molecule has 0 saturated carbocycles. The number of para-hydroxylation sites is 1. The van der Waals surface area contributed by atoms with Crippen LogP contribution in [0.5, 0.6) is 0 Å². The molecular weight excluding hydrogens is 316 g/mol. The van der Waals surface area contributed by atoms with Crippen LogP contribution in [0.1, 0.15) is 32.0 Å². The van der Waals surface area contributed by atoms with Gasteiger partial charge in [-0.1, -0.05) is 19.1 Å². The molecule has 1 saturated heterocycles. The number of aromatic nitrogens is 2. The molecule has 1 aromatic heterocycles. The molecule has 6 nitrogen and oxygen atoms in total. The first kappa shape index (κ1) is 17.6. The largest absolute Gasteiger partial charge is 0.356 e. The minimum Gasteiger partial charge on any atom is -0.356 e. The highest BCUT2D eigenvalue weighted by molar-refractivity contribution is 5.78. The molecule has 2 heterocycles. The van der Waals surface area contributed by atoms with Crippen molar-refractivity contribution >= 4 is 16.8 Å². The molecule has 134 valence electrons. The minimum atomic E-state index is -0.153. The van der Waals surface area contributed by atoms with Crippen molar-refractivity contribution in [2.75, 3.05) is 26.2 Å². The summed E-state index contributed by atoms with van der Waals surface area (Å²) in [6.45, 7) is 6.26. The normalized spacial score (nSPS) is 16.2. The van der Waals surface area contributed by atoms with Crippen LogP contribution in [0.3, 0.4) is 0 Å². The van der Waals surface area contributed by atoms with Gasteiger partial charge in [-0.2, -0.15) is 0 Å².